The zero-order valence-electron chi connectivity index (χ0n) is 11.3. The van der Waals surface area contributed by atoms with Gasteiger partial charge in [-0.25, -0.2) is 4.79 Å². The number of carbonyl (C=O) groups is 2. The van der Waals surface area contributed by atoms with Crippen molar-refractivity contribution in [1.29, 1.82) is 0 Å². The molecule has 2 aliphatic rings. The van der Waals surface area contributed by atoms with Gasteiger partial charge in [0.2, 0.25) is 5.91 Å². The van der Waals surface area contributed by atoms with Crippen LogP contribution in [0, 0.1) is 0 Å². The standard InChI is InChI=1S/C14H18N4O2/c1-2-15-14(20)16-9-7-12-13(19)17-10-5-3-4-6-11(10)18(12)8-9/h3-6,9,12H,2,7-8H2,1H3,(H,17,19)(H2,15,16,20). The number of carbonyl (C=O) groups excluding carboxylic acids is 2. The number of amides is 3. The Labute approximate surface area is 117 Å². The van der Waals surface area contributed by atoms with Crippen molar-refractivity contribution in [3.63, 3.8) is 0 Å². The van der Waals surface area contributed by atoms with Crippen LogP contribution in [0.1, 0.15) is 13.3 Å². The van der Waals surface area contributed by atoms with Crippen molar-refractivity contribution < 1.29 is 9.59 Å². The second kappa shape index (κ2) is 5.03. The molecule has 2 heterocycles. The molecule has 0 aromatic heterocycles. The average Bonchev–Trinajstić information content (AvgIpc) is 2.83. The van der Waals surface area contributed by atoms with Crippen molar-refractivity contribution in [3.05, 3.63) is 24.3 Å². The first kappa shape index (κ1) is 12.8. The molecule has 2 aliphatic heterocycles. The molecule has 3 amide bonds. The maximum atomic E-state index is 12.1. The molecule has 2 unspecified atom stereocenters. The van der Waals surface area contributed by atoms with Gasteiger partial charge in [0.15, 0.2) is 0 Å². The molecular weight excluding hydrogens is 256 g/mol. The Kier molecular flexibility index (Phi) is 3.22. The predicted octanol–water partition coefficient (Wildman–Crippen LogP) is 0.905. The summed E-state index contributed by atoms with van der Waals surface area (Å²) in [6, 6.07) is 7.37. The number of benzene rings is 1. The fourth-order valence-corrected chi connectivity index (χ4v) is 2.90. The third-order valence-corrected chi connectivity index (χ3v) is 3.75. The van der Waals surface area contributed by atoms with Crippen molar-refractivity contribution in [2.24, 2.45) is 0 Å². The second-order valence-corrected chi connectivity index (χ2v) is 5.11. The van der Waals surface area contributed by atoms with Crippen LogP contribution in [-0.2, 0) is 4.79 Å². The van der Waals surface area contributed by atoms with Crippen LogP contribution >= 0.6 is 0 Å². The topological polar surface area (TPSA) is 73.5 Å². The van der Waals surface area contributed by atoms with E-state index < -0.39 is 0 Å². The Bertz CT molecular complexity index is 546. The SMILES string of the molecule is CCNC(=O)NC1CC2C(=O)Nc3ccccc3N2C1. The quantitative estimate of drug-likeness (QED) is 0.750. The average molecular weight is 274 g/mol. The number of hydrogen-bond acceptors (Lipinski definition) is 3. The van der Waals surface area contributed by atoms with Gasteiger partial charge in [0.1, 0.15) is 6.04 Å². The van der Waals surface area contributed by atoms with Crippen LogP contribution in [0.25, 0.3) is 0 Å². The van der Waals surface area contributed by atoms with E-state index in [2.05, 4.69) is 20.9 Å². The lowest BCUT2D eigenvalue weighted by Gasteiger charge is -2.32. The summed E-state index contributed by atoms with van der Waals surface area (Å²) in [5.41, 5.74) is 1.87. The fraction of sp³-hybridized carbons (Fsp3) is 0.429. The number of para-hydroxylation sites is 2. The number of fused-ring (bicyclic) bond motifs is 3. The van der Waals surface area contributed by atoms with Crippen molar-refractivity contribution >= 4 is 23.3 Å². The van der Waals surface area contributed by atoms with Gasteiger partial charge >= 0.3 is 6.03 Å². The molecule has 2 atom stereocenters. The summed E-state index contributed by atoms with van der Waals surface area (Å²) < 4.78 is 0. The van der Waals surface area contributed by atoms with E-state index in [1.54, 1.807) is 0 Å². The van der Waals surface area contributed by atoms with Gasteiger partial charge in [-0.15, -0.1) is 0 Å². The van der Waals surface area contributed by atoms with Gasteiger partial charge in [-0.05, 0) is 25.5 Å². The minimum absolute atomic E-state index is 0.00361. The van der Waals surface area contributed by atoms with E-state index in [0.717, 1.165) is 11.4 Å². The van der Waals surface area contributed by atoms with Gasteiger partial charge in [0, 0.05) is 13.1 Å². The number of anilines is 2. The normalized spacial score (nSPS) is 23.6. The van der Waals surface area contributed by atoms with Gasteiger partial charge in [-0.1, -0.05) is 12.1 Å². The molecule has 0 spiro atoms. The van der Waals surface area contributed by atoms with E-state index in [-0.39, 0.29) is 24.0 Å². The van der Waals surface area contributed by atoms with Crippen LogP contribution in [0.15, 0.2) is 24.3 Å². The molecule has 6 heteroatoms. The summed E-state index contributed by atoms with van der Waals surface area (Å²) in [7, 11) is 0. The first-order valence-electron chi connectivity index (χ1n) is 6.90. The van der Waals surface area contributed by atoms with Crippen molar-refractivity contribution in [1.82, 2.24) is 10.6 Å². The highest BCUT2D eigenvalue weighted by molar-refractivity contribution is 6.04. The Morgan fingerprint density at radius 1 is 1.45 bits per heavy atom. The zero-order chi connectivity index (χ0) is 14.1. The van der Waals surface area contributed by atoms with Crippen molar-refractivity contribution in [2.45, 2.75) is 25.4 Å². The van der Waals surface area contributed by atoms with Crippen LogP contribution in [0.5, 0.6) is 0 Å². The van der Waals surface area contributed by atoms with E-state index in [4.69, 9.17) is 0 Å². The third-order valence-electron chi connectivity index (χ3n) is 3.75. The van der Waals surface area contributed by atoms with E-state index in [9.17, 15) is 9.59 Å². The van der Waals surface area contributed by atoms with E-state index in [1.165, 1.54) is 0 Å². The lowest BCUT2D eigenvalue weighted by molar-refractivity contribution is -0.117. The molecule has 1 aromatic carbocycles. The molecule has 20 heavy (non-hydrogen) atoms. The molecule has 3 N–H and O–H groups in total. The Morgan fingerprint density at radius 3 is 3.05 bits per heavy atom. The van der Waals surface area contributed by atoms with Crippen LogP contribution in [0.2, 0.25) is 0 Å². The lowest BCUT2D eigenvalue weighted by Crippen LogP contribution is -2.44. The lowest BCUT2D eigenvalue weighted by atomic mass is 10.1. The Balaban J connectivity index is 1.77. The van der Waals surface area contributed by atoms with E-state index in [0.29, 0.717) is 19.5 Å². The van der Waals surface area contributed by atoms with Gasteiger partial charge in [0.25, 0.3) is 0 Å². The molecule has 1 fully saturated rings. The molecule has 0 saturated carbocycles. The largest absolute Gasteiger partial charge is 0.356 e. The minimum atomic E-state index is -0.197. The highest BCUT2D eigenvalue weighted by atomic mass is 16.2. The summed E-state index contributed by atoms with van der Waals surface area (Å²) in [6.45, 7) is 3.13. The Hall–Kier alpha value is -2.24. The van der Waals surface area contributed by atoms with Crippen LogP contribution in [0.4, 0.5) is 16.2 Å². The summed E-state index contributed by atoms with van der Waals surface area (Å²) in [6.07, 6.45) is 0.636. The molecule has 0 bridgehead atoms. The molecule has 6 nitrogen and oxygen atoms in total. The highest BCUT2D eigenvalue weighted by Crippen LogP contribution is 2.36. The van der Waals surface area contributed by atoms with Crippen LogP contribution < -0.4 is 20.9 Å². The minimum Gasteiger partial charge on any atom is -0.356 e. The van der Waals surface area contributed by atoms with E-state index >= 15 is 0 Å². The number of nitrogens with zero attached hydrogens (tertiary/aromatic N) is 1. The molecule has 3 rings (SSSR count). The Morgan fingerprint density at radius 2 is 2.25 bits per heavy atom. The summed E-state index contributed by atoms with van der Waals surface area (Å²) >= 11 is 0. The van der Waals surface area contributed by atoms with Gasteiger partial charge in [-0.2, -0.15) is 0 Å². The monoisotopic (exact) mass is 274 g/mol. The second-order valence-electron chi connectivity index (χ2n) is 5.11. The summed E-state index contributed by atoms with van der Waals surface area (Å²) in [4.78, 5) is 25.8. The van der Waals surface area contributed by atoms with Crippen LogP contribution in [-0.4, -0.2) is 37.1 Å². The molecule has 0 aliphatic carbocycles. The van der Waals surface area contributed by atoms with E-state index in [1.807, 2.05) is 31.2 Å². The smallest absolute Gasteiger partial charge is 0.315 e. The van der Waals surface area contributed by atoms with Gasteiger partial charge in [-0.3, -0.25) is 4.79 Å². The fourth-order valence-electron chi connectivity index (χ4n) is 2.90. The maximum Gasteiger partial charge on any atom is 0.315 e. The highest BCUT2D eigenvalue weighted by Gasteiger charge is 2.41. The molecule has 1 aromatic rings. The predicted molar refractivity (Wildman–Crippen MR) is 76.8 cm³/mol. The zero-order valence-corrected chi connectivity index (χ0v) is 11.3. The third kappa shape index (κ3) is 2.17. The van der Waals surface area contributed by atoms with Crippen LogP contribution in [0.3, 0.4) is 0 Å². The molecule has 1 saturated heterocycles. The first-order chi connectivity index (χ1) is 9.69. The molecule has 106 valence electrons. The van der Waals surface area contributed by atoms with Crippen molar-refractivity contribution in [2.75, 3.05) is 23.3 Å². The number of rotatable bonds is 2. The van der Waals surface area contributed by atoms with Crippen molar-refractivity contribution in [3.8, 4) is 0 Å². The van der Waals surface area contributed by atoms with Gasteiger partial charge < -0.3 is 20.9 Å². The molecule has 0 radical (unpaired) electrons. The molecular formula is C14H18N4O2. The van der Waals surface area contributed by atoms with Gasteiger partial charge in [0.05, 0.1) is 17.4 Å². The summed E-state index contributed by atoms with van der Waals surface area (Å²) in [5, 5.41) is 8.55. The maximum absolute atomic E-state index is 12.1. The summed E-state index contributed by atoms with van der Waals surface area (Å²) in [5.74, 6) is 0.00361. The number of hydrogen-bond donors (Lipinski definition) is 3. The first-order valence-corrected chi connectivity index (χ1v) is 6.90. The number of urea groups is 1. The number of nitrogens with one attached hydrogen (secondary N) is 3.